The van der Waals surface area contributed by atoms with Crippen molar-refractivity contribution >= 4 is 11.6 Å². The Morgan fingerprint density at radius 2 is 2.17 bits per heavy atom. The van der Waals surface area contributed by atoms with Gasteiger partial charge in [0.2, 0.25) is 0 Å². The molecule has 2 aromatic rings. The van der Waals surface area contributed by atoms with Gasteiger partial charge in [0.15, 0.2) is 0 Å². The highest BCUT2D eigenvalue weighted by Gasteiger charge is 2.02. The number of halogens is 2. The molecule has 0 atom stereocenters. The summed E-state index contributed by atoms with van der Waals surface area (Å²) < 4.78 is 14.9. The van der Waals surface area contributed by atoms with Gasteiger partial charge in [0.1, 0.15) is 5.82 Å². The summed E-state index contributed by atoms with van der Waals surface area (Å²) in [4.78, 5) is 0. The van der Waals surface area contributed by atoms with Crippen LogP contribution in [0.3, 0.4) is 0 Å². The molecule has 0 bridgehead atoms. The van der Waals surface area contributed by atoms with Crippen LogP contribution in [0.2, 0.25) is 5.02 Å². The topological polar surface area (TPSA) is 29.9 Å². The van der Waals surface area contributed by atoms with Crippen molar-refractivity contribution in [2.75, 3.05) is 0 Å². The molecule has 2 rings (SSSR count). The summed E-state index contributed by atoms with van der Waals surface area (Å²) >= 11 is 5.72. The molecule has 0 saturated heterocycles. The highest BCUT2D eigenvalue weighted by atomic mass is 35.5. The molecular weight excluding hydrogens is 253 g/mol. The number of benzene rings is 1. The van der Waals surface area contributed by atoms with Crippen molar-refractivity contribution < 1.29 is 4.39 Å². The second-order valence-electron chi connectivity index (χ2n) is 3.99. The van der Waals surface area contributed by atoms with E-state index >= 15 is 0 Å². The molecule has 1 aromatic carbocycles. The second-order valence-corrected chi connectivity index (χ2v) is 4.40. The molecule has 18 heavy (non-hydrogen) atoms. The number of nitrogens with one attached hydrogen (secondary N) is 1. The van der Waals surface area contributed by atoms with E-state index in [1.807, 2.05) is 10.7 Å². The highest BCUT2D eigenvalue weighted by molar-refractivity contribution is 6.30. The molecule has 1 N–H and O–H groups in total. The third kappa shape index (κ3) is 3.09. The van der Waals surface area contributed by atoms with Gasteiger partial charge in [0.25, 0.3) is 0 Å². The normalized spacial score (nSPS) is 10.8. The fraction of sp³-hybridized carbons (Fsp3) is 0.308. The molecule has 0 spiro atoms. The zero-order valence-electron chi connectivity index (χ0n) is 10.2. The van der Waals surface area contributed by atoms with Crippen LogP contribution in [0.4, 0.5) is 4.39 Å². The maximum atomic E-state index is 13.0. The molecule has 0 radical (unpaired) electrons. The number of hydrogen-bond donors (Lipinski definition) is 1. The minimum absolute atomic E-state index is 0.160. The first-order chi connectivity index (χ1) is 8.70. The van der Waals surface area contributed by atoms with Gasteiger partial charge in [-0.1, -0.05) is 17.7 Å². The summed E-state index contributed by atoms with van der Waals surface area (Å²) in [5.74, 6) is -0.385. The lowest BCUT2D eigenvalue weighted by molar-refractivity contribution is 0.580. The molecular formula is C13H15ClFN3. The maximum absolute atomic E-state index is 13.0. The van der Waals surface area contributed by atoms with Crippen LogP contribution in [0.15, 0.2) is 30.5 Å². The molecule has 96 valence electrons. The van der Waals surface area contributed by atoms with E-state index in [9.17, 15) is 4.39 Å². The van der Waals surface area contributed by atoms with E-state index in [2.05, 4.69) is 17.3 Å². The SMILES string of the molecule is CCn1nccc1CNCc1ccc(F)c(Cl)c1. The fourth-order valence-electron chi connectivity index (χ4n) is 1.78. The molecule has 1 heterocycles. The number of nitrogens with zero attached hydrogens (tertiary/aromatic N) is 2. The molecule has 3 nitrogen and oxygen atoms in total. The molecule has 1 aromatic heterocycles. The second kappa shape index (κ2) is 5.98. The van der Waals surface area contributed by atoms with E-state index in [-0.39, 0.29) is 10.8 Å². The molecule has 0 amide bonds. The third-order valence-electron chi connectivity index (χ3n) is 2.72. The van der Waals surface area contributed by atoms with Gasteiger partial charge in [-0.15, -0.1) is 0 Å². The predicted molar refractivity (Wildman–Crippen MR) is 69.9 cm³/mol. The van der Waals surface area contributed by atoms with Crippen molar-refractivity contribution in [3.63, 3.8) is 0 Å². The van der Waals surface area contributed by atoms with Gasteiger partial charge in [-0.2, -0.15) is 5.10 Å². The van der Waals surface area contributed by atoms with Gasteiger partial charge in [0, 0.05) is 25.8 Å². The Morgan fingerprint density at radius 1 is 1.33 bits per heavy atom. The maximum Gasteiger partial charge on any atom is 0.141 e. The Hall–Kier alpha value is -1.39. The Balaban J connectivity index is 1.90. The molecule has 5 heteroatoms. The summed E-state index contributed by atoms with van der Waals surface area (Å²) in [6.07, 6.45) is 1.79. The van der Waals surface area contributed by atoms with Gasteiger partial charge in [0.05, 0.1) is 10.7 Å². The summed E-state index contributed by atoms with van der Waals surface area (Å²) in [6, 6.07) is 6.73. The first-order valence-corrected chi connectivity index (χ1v) is 6.24. The Bertz CT molecular complexity index is 525. The van der Waals surface area contributed by atoms with E-state index in [0.717, 1.165) is 24.3 Å². The van der Waals surface area contributed by atoms with Crippen molar-refractivity contribution in [3.05, 3.63) is 52.6 Å². The number of aromatic nitrogens is 2. The Morgan fingerprint density at radius 3 is 2.89 bits per heavy atom. The van der Waals surface area contributed by atoms with Crippen LogP contribution in [-0.2, 0) is 19.6 Å². The quantitative estimate of drug-likeness (QED) is 0.903. The van der Waals surface area contributed by atoms with E-state index in [0.29, 0.717) is 6.54 Å². The van der Waals surface area contributed by atoms with Crippen molar-refractivity contribution in [2.45, 2.75) is 26.6 Å². The minimum atomic E-state index is -0.385. The van der Waals surface area contributed by atoms with Crippen molar-refractivity contribution in [1.82, 2.24) is 15.1 Å². The first kappa shape index (κ1) is 13.1. The van der Waals surface area contributed by atoms with Crippen LogP contribution < -0.4 is 5.32 Å². The van der Waals surface area contributed by atoms with Crippen LogP contribution in [0.1, 0.15) is 18.2 Å². The number of rotatable bonds is 5. The largest absolute Gasteiger partial charge is 0.307 e. The lowest BCUT2D eigenvalue weighted by atomic mass is 10.2. The molecule has 0 fully saturated rings. The minimum Gasteiger partial charge on any atom is -0.307 e. The zero-order valence-corrected chi connectivity index (χ0v) is 10.9. The summed E-state index contributed by atoms with van der Waals surface area (Å²) in [5, 5.41) is 7.64. The van der Waals surface area contributed by atoms with Crippen LogP contribution in [0.25, 0.3) is 0 Å². The van der Waals surface area contributed by atoms with Gasteiger partial charge in [-0.05, 0) is 30.7 Å². The van der Waals surface area contributed by atoms with E-state index < -0.39 is 0 Å². The van der Waals surface area contributed by atoms with E-state index in [1.54, 1.807) is 18.3 Å². The number of hydrogen-bond acceptors (Lipinski definition) is 2. The van der Waals surface area contributed by atoms with Crippen molar-refractivity contribution in [2.24, 2.45) is 0 Å². The van der Waals surface area contributed by atoms with Crippen molar-refractivity contribution in [3.8, 4) is 0 Å². The Labute approximate surface area is 111 Å². The molecule has 0 unspecified atom stereocenters. The standard InChI is InChI=1S/C13H15ClFN3/c1-2-18-11(5-6-17-18)9-16-8-10-3-4-13(15)12(14)7-10/h3-7,16H,2,8-9H2,1H3. The summed E-state index contributed by atoms with van der Waals surface area (Å²) in [7, 11) is 0. The van der Waals surface area contributed by atoms with Gasteiger partial charge in [-0.25, -0.2) is 4.39 Å². The third-order valence-corrected chi connectivity index (χ3v) is 3.01. The smallest absolute Gasteiger partial charge is 0.141 e. The van der Waals surface area contributed by atoms with E-state index in [4.69, 9.17) is 11.6 Å². The Kier molecular flexibility index (Phi) is 4.33. The van der Waals surface area contributed by atoms with Gasteiger partial charge >= 0.3 is 0 Å². The average molecular weight is 268 g/mol. The van der Waals surface area contributed by atoms with Gasteiger partial charge < -0.3 is 5.32 Å². The molecule has 0 aliphatic rings. The monoisotopic (exact) mass is 267 g/mol. The lowest BCUT2D eigenvalue weighted by Gasteiger charge is -2.07. The lowest BCUT2D eigenvalue weighted by Crippen LogP contribution is -2.16. The molecule has 0 aliphatic heterocycles. The molecule has 0 aliphatic carbocycles. The van der Waals surface area contributed by atoms with Crippen LogP contribution in [0, 0.1) is 5.82 Å². The summed E-state index contributed by atoms with van der Waals surface area (Å²) in [5.41, 5.74) is 2.09. The van der Waals surface area contributed by atoms with Gasteiger partial charge in [-0.3, -0.25) is 4.68 Å². The average Bonchev–Trinajstić information content (AvgIpc) is 2.81. The van der Waals surface area contributed by atoms with Crippen LogP contribution in [0.5, 0.6) is 0 Å². The number of aryl methyl sites for hydroxylation is 1. The van der Waals surface area contributed by atoms with Crippen LogP contribution >= 0.6 is 11.6 Å². The van der Waals surface area contributed by atoms with E-state index in [1.165, 1.54) is 6.07 Å². The fourth-order valence-corrected chi connectivity index (χ4v) is 1.98. The highest BCUT2D eigenvalue weighted by Crippen LogP contribution is 2.15. The summed E-state index contributed by atoms with van der Waals surface area (Å²) in [6.45, 7) is 4.28. The first-order valence-electron chi connectivity index (χ1n) is 5.86. The van der Waals surface area contributed by atoms with Crippen molar-refractivity contribution in [1.29, 1.82) is 0 Å². The zero-order chi connectivity index (χ0) is 13.0. The predicted octanol–water partition coefficient (Wildman–Crippen LogP) is 2.99. The van der Waals surface area contributed by atoms with Crippen LogP contribution in [-0.4, -0.2) is 9.78 Å². The molecule has 0 saturated carbocycles.